The molecule has 0 unspecified atom stereocenters. The zero-order chi connectivity index (χ0) is 21.4. The fourth-order valence-corrected chi connectivity index (χ4v) is 3.58. The molecule has 10 nitrogen and oxygen atoms in total. The van der Waals surface area contributed by atoms with Crippen LogP contribution in [-0.2, 0) is 39.9 Å². The fraction of sp³-hybridized carbons (Fsp3) is 0.579. The smallest absolute Gasteiger partial charge is 0.320 e. The van der Waals surface area contributed by atoms with Crippen LogP contribution in [0.1, 0.15) is 5.56 Å². The van der Waals surface area contributed by atoms with Gasteiger partial charge in [0.15, 0.2) is 12.2 Å². The monoisotopic (exact) mass is 411 g/mol. The molecule has 0 radical (unpaired) electrons. The Morgan fingerprint density at radius 3 is 2.28 bits per heavy atom. The predicted molar refractivity (Wildman–Crippen MR) is 98.1 cm³/mol. The lowest BCUT2D eigenvalue weighted by molar-refractivity contribution is -0.493. The number of nitro groups is 1. The van der Waals surface area contributed by atoms with E-state index in [0.29, 0.717) is 0 Å². The van der Waals surface area contributed by atoms with Gasteiger partial charge in [-0.15, -0.1) is 0 Å². The average molecular weight is 411 g/mol. The van der Waals surface area contributed by atoms with Crippen LogP contribution in [0.25, 0.3) is 0 Å². The Kier molecular flexibility index (Phi) is 8.50. The Balaban J connectivity index is 2.26. The van der Waals surface area contributed by atoms with Crippen molar-refractivity contribution in [1.82, 2.24) is 0 Å². The highest BCUT2D eigenvalue weighted by atomic mass is 16.7. The zero-order valence-electron chi connectivity index (χ0n) is 16.5. The van der Waals surface area contributed by atoms with Gasteiger partial charge in [-0.25, -0.2) is 0 Å². The molecule has 1 heterocycles. The Morgan fingerprint density at radius 1 is 1.14 bits per heavy atom. The SMILES string of the molecule is COC(=O)C(C(=O)OC)[C@H]1[C@H](C[N+](=O)[O-])[C@@H](OC)O[C@@H]1COCc1ccccc1. The van der Waals surface area contributed by atoms with E-state index in [0.717, 1.165) is 19.8 Å². The van der Waals surface area contributed by atoms with E-state index in [1.54, 1.807) is 0 Å². The van der Waals surface area contributed by atoms with Crippen LogP contribution >= 0.6 is 0 Å². The number of methoxy groups -OCH3 is 3. The maximum absolute atomic E-state index is 12.3. The van der Waals surface area contributed by atoms with Gasteiger partial charge in [-0.05, 0) is 5.56 Å². The van der Waals surface area contributed by atoms with Crippen LogP contribution in [0, 0.1) is 27.9 Å². The van der Waals surface area contributed by atoms with Gasteiger partial charge in [-0.3, -0.25) is 19.7 Å². The number of rotatable bonds is 10. The van der Waals surface area contributed by atoms with E-state index < -0.39 is 53.6 Å². The number of ether oxygens (including phenoxy) is 5. The van der Waals surface area contributed by atoms with Crippen molar-refractivity contribution in [3.63, 3.8) is 0 Å². The van der Waals surface area contributed by atoms with Crippen molar-refractivity contribution in [1.29, 1.82) is 0 Å². The molecular weight excluding hydrogens is 386 g/mol. The lowest BCUT2D eigenvalue weighted by Gasteiger charge is -2.26. The van der Waals surface area contributed by atoms with Gasteiger partial charge in [0, 0.05) is 18.0 Å². The van der Waals surface area contributed by atoms with Gasteiger partial charge in [0.25, 0.3) is 0 Å². The normalized spacial score (nSPS) is 23.7. The summed E-state index contributed by atoms with van der Waals surface area (Å²) in [5.74, 6) is -4.91. The number of carbonyl (C=O) groups is 2. The molecule has 0 N–H and O–H groups in total. The first kappa shape index (κ1) is 22.7. The van der Waals surface area contributed by atoms with Gasteiger partial charge >= 0.3 is 11.9 Å². The first-order valence-electron chi connectivity index (χ1n) is 9.00. The van der Waals surface area contributed by atoms with Crippen LogP contribution in [0.4, 0.5) is 0 Å². The molecule has 0 aliphatic carbocycles. The summed E-state index contributed by atoms with van der Waals surface area (Å²) >= 11 is 0. The minimum atomic E-state index is -1.40. The minimum absolute atomic E-state index is 0.00186. The highest BCUT2D eigenvalue weighted by Crippen LogP contribution is 2.40. The molecule has 1 aliphatic rings. The summed E-state index contributed by atoms with van der Waals surface area (Å²) in [7, 11) is 3.60. The summed E-state index contributed by atoms with van der Waals surface area (Å²) in [4.78, 5) is 35.3. The largest absolute Gasteiger partial charge is 0.468 e. The fourth-order valence-electron chi connectivity index (χ4n) is 3.58. The summed E-state index contributed by atoms with van der Waals surface area (Å²) in [5, 5.41) is 11.2. The van der Waals surface area contributed by atoms with Crippen molar-refractivity contribution >= 4 is 11.9 Å². The Bertz CT molecular complexity index is 680. The summed E-state index contributed by atoms with van der Waals surface area (Å²) in [6.45, 7) is -0.285. The zero-order valence-corrected chi connectivity index (χ0v) is 16.5. The van der Waals surface area contributed by atoms with Gasteiger partial charge in [0.05, 0.1) is 39.5 Å². The van der Waals surface area contributed by atoms with E-state index in [1.807, 2.05) is 30.3 Å². The molecule has 1 saturated heterocycles. The van der Waals surface area contributed by atoms with Crippen molar-refractivity contribution in [3.05, 3.63) is 46.0 Å². The number of esters is 2. The molecule has 1 fully saturated rings. The van der Waals surface area contributed by atoms with Crippen molar-refractivity contribution in [3.8, 4) is 0 Å². The molecule has 4 atom stereocenters. The molecule has 0 bridgehead atoms. The number of carbonyl (C=O) groups excluding carboxylic acids is 2. The van der Waals surface area contributed by atoms with Crippen LogP contribution in [0.2, 0.25) is 0 Å². The second-order valence-corrected chi connectivity index (χ2v) is 6.56. The Morgan fingerprint density at radius 2 is 1.76 bits per heavy atom. The van der Waals surface area contributed by atoms with Crippen LogP contribution in [0.5, 0.6) is 0 Å². The van der Waals surface area contributed by atoms with Crippen LogP contribution < -0.4 is 0 Å². The third-order valence-corrected chi connectivity index (χ3v) is 4.86. The molecule has 1 aromatic carbocycles. The van der Waals surface area contributed by atoms with E-state index in [4.69, 9.17) is 23.7 Å². The molecule has 29 heavy (non-hydrogen) atoms. The van der Waals surface area contributed by atoms with E-state index >= 15 is 0 Å². The van der Waals surface area contributed by atoms with E-state index in [-0.39, 0.29) is 13.2 Å². The van der Waals surface area contributed by atoms with Crippen LogP contribution in [-0.4, -0.2) is 63.7 Å². The topological polar surface area (TPSA) is 123 Å². The first-order valence-corrected chi connectivity index (χ1v) is 9.00. The minimum Gasteiger partial charge on any atom is -0.468 e. The molecule has 0 spiro atoms. The van der Waals surface area contributed by atoms with Crippen molar-refractivity contribution in [2.24, 2.45) is 17.8 Å². The van der Waals surface area contributed by atoms with Crippen LogP contribution in [0.15, 0.2) is 30.3 Å². The van der Waals surface area contributed by atoms with E-state index in [2.05, 4.69) is 0 Å². The highest BCUT2D eigenvalue weighted by molar-refractivity contribution is 5.95. The summed E-state index contributed by atoms with van der Waals surface area (Å²) in [6, 6.07) is 9.37. The quantitative estimate of drug-likeness (QED) is 0.240. The third kappa shape index (κ3) is 5.72. The van der Waals surface area contributed by atoms with E-state index in [9.17, 15) is 19.7 Å². The third-order valence-electron chi connectivity index (χ3n) is 4.86. The first-order chi connectivity index (χ1) is 13.9. The predicted octanol–water partition coefficient (Wildman–Crippen LogP) is 1.05. The molecule has 2 rings (SSSR count). The summed E-state index contributed by atoms with van der Waals surface area (Å²) in [6.07, 6.45) is -1.79. The standard InChI is InChI=1S/C19H25NO9/c1-25-17(21)16(18(22)26-2)15-13(9-20(23)24)19(27-3)29-14(15)11-28-10-12-7-5-4-6-8-12/h4-8,13-16,19H,9-11H2,1-3H3/t13-,14+,15-,19-/m0/s1. The van der Waals surface area contributed by atoms with Gasteiger partial charge in [-0.2, -0.15) is 0 Å². The van der Waals surface area contributed by atoms with Crippen molar-refractivity contribution in [2.45, 2.75) is 19.0 Å². The molecule has 160 valence electrons. The second-order valence-electron chi connectivity index (χ2n) is 6.56. The van der Waals surface area contributed by atoms with Crippen molar-refractivity contribution < 1.29 is 38.2 Å². The number of hydrogen-bond acceptors (Lipinski definition) is 9. The second kappa shape index (κ2) is 10.8. The summed E-state index contributed by atoms with van der Waals surface area (Å²) < 4.78 is 26.2. The molecule has 0 saturated carbocycles. The van der Waals surface area contributed by atoms with Crippen molar-refractivity contribution in [2.75, 3.05) is 34.5 Å². The maximum Gasteiger partial charge on any atom is 0.320 e. The molecule has 0 amide bonds. The Labute approximate surface area is 168 Å². The van der Waals surface area contributed by atoms with Crippen LogP contribution in [0.3, 0.4) is 0 Å². The van der Waals surface area contributed by atoms with Gasteiger partial charge in [-0.1, -0.05) is 30.3 Å². The van der Waals surface area contributed by atoms with E-state index in [1.165, 1.54) is 7.11 Å². The lowest BCUT2D eigenvalue weighted by atomic mass is 9.79. The Hall–Kier alpha value is -2.56. The number of hydrogen-bond donors (Lipinski definition) is 0. The molecule has 10 heteroatoms. The maximum atomic E-state index is 12.3. The molecule has 1 aromatic rings. The molecule has 0 aromatic heterocycles. The molecular formula is C19H25NO9. The van der Waals surface area contributed by atoms with Gasteiger partial charge in [0.1, 0.15) is 0 Å². The van der Waals surface area contributed by atoms with Gasteiger partial charge < -0.3 is 23.7 Å². The number of benzene rings is 1. The van der Waals surface area contributed by atoms with Gasteiger partial charge in [0.2, 0.25) is 6.54 Å². The summed E-state index contributed by atoms with van der Waals surface area (Å²) in [5.41, 5.74) is 0.921. The lowest BCUT2D eigenvalue weighted by Crippen LogP contribution is -2.43. The highest BCUT2D eigenvalue weighted by Gasteiger charge is 2.55. The average Bonchev–Trinajstić information content (AvgIpc) is 3.05. The number of nitrogens with zero attached hydrogens (tertiary/aromatic N) is 1. The molecule has 1 aliphatic heterocycles.